The van der Waals surface area contributed by atoms with Crippen LogP contribution >= 0.6 is 0 Å². The maximum Gasteiger partial charge on any atom is 0.104 e. The third kappa shape index (κ3) is 6.69. The molecule has 12 aromatic rings. The fourth-order valence-corrected chi connectivity index (χ4v) is 9.97. The second-order valence-corrected chi connectivity index (χ2v) is 17.1. The molecular weight excluding hydrogens is 827 g/mol. The van der Waals surface area contributed by atoms with Gasteiger partial charge < -0.3 is 9.13 Å². The smallest absolute Gasteiger partial charge is 0.104 e. The van der Waals surface area contributed by atoms with Crippen LogP contribution in [0.1, 0.15) is 16.7 Å². The Kier molecular flexibility index (Phi) is 9.58. The van der Waals surface area contributed by atoms with E-state index in [1.54, 1.807) is 6.07 Å². The lowest BCUT2D eigenvalue weighted by Gasteiger charge is -2.19. The predicted molar refractivity (Wildman–Crippen MR) is 276 cm³/mol. The summed E-state index contributed by atoms with van der Waals surface area (Å²) in [6.07, 6.45) is 0. The molecule has 0 aliphatic carbocycles. The van der Waals surface area contributed by atoms with E-state index in [0.717, 1.165) is 93.7 Å². The van der Waals surface area contributed by atoms with Crippen LogP contribution in [0.4, 0.5) is 0 Å². The third-order valence-corrected chi connectivity index (χ3v) is 13.2. The van der Waals surface area contributed by atoms with E-state index in [4.69, 9.17) is 0 Å². The molecule has 0 aliphatic heterocycles. The number of nitrogens with zero attached hydrogens (tertiary/aromatic N) is 5. The average molecular weight is 864 g/mol. The van der Waals surface area contributed by atoms with Crippen molar-refractivity contribution in [3.63, 3.8) is 0 Å². The van der Waals surface area contributed by atoms with Crippen LogP contribution in [0.25, 0.3) is 111 Å². The molecule has 0 aliphatic rings. The van der Waals surface area contributed by atoms with Gasteiger partial charge in [0.2, 0.25) is 0 Å². The summed E-state index contributed by atoms with van der Waals surface area (Å²) >= 11 is 0. The van der Waals surface area contributed by atoms with E-state index in [0.29, 0.717) is 33.6 Å². The fraction of sp³-hybridized carbons (Fsp3) is 0. The van der Waals surface area contributed by atoms with Gasteiger partial charge in [-0.2, -0.15) is 15.8 Å². The van der Waals surface area contributed by atoms with Crippen LogP contribution in [0.3, 0.4) is 0 Å². The maximum atomic E-state index is 11.9. The Hall–Kier alpha value is -9.73. The molecule has 12 rings (SSSR count). The number of fused-ring (bicyclic) bond motifs is 6. The van der Waals surface area contributed by atoms with Crippen molar-refractivity contribution in [3.05, 3.63) is 241 Å². The molecule has 2 aromatic heterocycles. The van der Waals surface area contributed by atoms with Gasteiger partial charge in [0.15, 0.2) is 0 Å². The molecule has 5 nitrogen and oxygen atoms in total. The van der Waals surface area contributed by atoms with Crippen molar-refractivity contribution in [1.82, 2.24) is 9.13 Å². The zero-order chi connectivity index (χ0) is 45.7. The van der Waals surface area contributed by atoms with Crippen molar-refractivity contribution in [2.75, 3.05) is 0 Å². The van der Waals surface area contributed by atoms with Gasteiger partial charge in [-0.3, -0.25) is 0 Å². The molecular formula is C63H37N5. The van der Waals surface area contributed by atoms with Gasteiger partial charge >= 0.3 is 0 Å². The number of nitriles is 3. The lowest BCUT2D eigenvalue weighted by Crippen LogP contribution is -2.05. The van der Waals surface area contributed by atoms with Gasteiger partial charge in [0.25, 0.3) is 0 Å². The molecule has 0 N–H and O–H groups in total. The summed E-state index contributed by atoms with van der Waals surface area (Å²) in [5, 5.41) is 36.6. The first-order valence-corrected chi connectivity index (χ1v) is 22.5. The minimum absolute atomic E-state index is 0.375. The summed E-state index contributed by atoms with van der Waals surface area (Å²) in [4.78, 5) is 0. The minimum atomic E-state index is 0.375. The molecule has 0 radical (unpaired) electrons. The first-order valence-electron chi connectivity index (χ1n) is 22.5. The number of hydrogen-bond donors (Lipinski definition) is 0. The molecule has 0 saturated heterocycles. The summed E-state index contributed by atoms with van der Waals surface area (Å²) in [6.45, 7) is 0. The molecule has 0 atom stereocenters. The molecule has 68 heavy (non-hydrogen) atoms. The highest BCUT2D eigenvalue weighted by atomic mass is 15.0. The molecule has 5 heteroatoms. The minimum Gasteiger partial charge on any atom is -0.308 e. The largest absolute Gasteiger partial charge is 0.308 e. The maximum absolute atomic E-state index is 11.9. The van der Waals surface area contributed by atoms with Crippen LogP contribution in [0.5, 0.6) is 0 Å². The van der Waals surface area contributed by atoms with Crippen LogP contribution < -0.4 is 0 Å². The van der Waals surface area contributed by atoms with E-state index in [9.17, 15) is 15.8 Å². The standard InChI is InChI=1S/C63H37N5/c64-38-41-29-42(39-65)31-51(30-41)52-36-62(67-58-32-47(43-13-5-1-6-14-43)21-25-53(58)54-26-22-48(33-59(54)67)44-15-7-2-8-16-44)57(40-66)63(37-52)68-60-34-49(45-17-9-3-10-18-45)23-27-55(60)56-28-24-50(35-61(56)68)46-19-11-4-12-20-46/h1-37H. The average Bonchev–Trinajstić information content (AvgIpc) is 3.92. The number of aromatic nitrogens is 2. The summed E-state index contributed by atoms with van der Waals surface area (Å²) in [7, 11) is 0. The first-order chi connectivity index (χ1) is 33.6. The Morgan fingerprint density at radius 1 is 0.250 bits per heavy atom. The van der Waals surface area contributed by atoms with E-state index in [2.05, 4.69) is 161 Å². The Balaban J connectivity index is 1.25. The van der Waals surface area contributed by atoms with Crippen molar-refractivity contribution >= 4 is 43.6 Å². The van der Waals surface area contributed by atoms with Crippen LogP contribution in [0.2, 0.25) is 0 Å². The number of benzene rings is 10. The highest BCUT2D eigenvalue weighted by Gasteiger charge is 2.24. The van der Waals surface area contributed by atoms with Crippen molar-refractivity contribution in [3.8, 4) is 85.2 Å². The van der Waals surface area contributed by atoms with E-state index in [-0.39, 0.29) is 0 Å². The summed E-state index contributed by atoms with van der Waals surface area (Å²) in [5.41, 5.74) is 16.3. The van der Waals surface area contributed by atoms with E-state index in [1.807, 2.05) is 84.9 Å². The van der Waals surface area contributed by atoms with Gasteiger partial charge in [0, 0.05) is 21.5 Å². The summed E-state index contributed by atoms with van der Waals surface area (Å²) in [6, 6.07) is 84.5. The summed E-state index contributed by atoms with van der Waals surface area (Å²) in [5.74, 6) is 0. The molecule has 0 fully saturated rings. The quantitative estimate of drug-likeness (QED) is 0.160. The van der Waals surface area contributed by atoms with Crippen LogP contribution in [0, 0.1) is 34.0 Å². The first kappa shape index (κ1) is 39.8. The van der Waals surface area contributed by atoms with Crippen molar-refractivity contribution in [2.45, 2.75) is 0 Å². The lowest BCUT2D eigenvalue weighted by atomic mass is 9.96. The van der Waals surface area contributed by atoms with Gasteiger partial charge in [0.05, 0.1) is 56.7 Å². The van der Waals surface area contributed by atoms with Crippen molar-refractivity contribution in [1.29, 1.82) is 15.8 Å². The normalized spacial score (nSPS) is 11.2. The zero-order valence-electron chi connectivity index (χ0n) is 36.6. The van der Waals surface area contributed by atoms with Gasteiger partial charge in [0.1, 0.15) is 11.6 Å². The van der Waals surface area contributed by atoms with Crippen LogP contribution in [-0.2, 0) is 0 Å². The lowest BCUT2D eigenvalue weighted by molar-refractivity contribution is 1.12. The van der Waals surface area contributed by atoms with Crippen LogP contribution in [0.15, 0.2) is 224 Å². The van der Waals surface area contributed by atoms with Gasteiger partial charge in [-0.25, -0.2) is 0 Å². The number of rotatable bonds is 7. The van der Waals surface area contributed by atoms with Gasteiger partial charge in [-0.15, -0.1) is 0 Å². The Morgan fingerprint density at radius 2 is 0.544 bits per heavy atom. The second-order valence-electron chi connectivity index (χ2n) is 17.1. The Bertz CT molecular complexity index is 3640. The Morgan fingerprint density at radius 3 is 0.824 bits per heavy atom. The molecule has 0 spiro atoms. The molecule has 314 valence electrons. The number of hydrogen-bond acceptors (Lipinski definition) is 3. The van der Waals surface area contributed by atoms with E-state index in [1.165, 1.54) is 0 Å². The van der Waals surface area contributed by atoms with E-state index >= 15 is 0 Å². The third-order valence-electron chi connectivity index (χ3n) is 13.2. The molecule has 0 amide bonds. The van der Waals surface area contributed by atoms with Gasteiger partial charge in [-0.1, -0.05) is 170 Å². The second kappa shape index (κ2) is 16.4. The van der Waals surface area contributed by atoms with Crippen molar-refractivity contribution in [2.24, 2.45) is 0 Å². The highest BCUT2D eigenvalue weighted by Crippen LogP contribution is 2.43. The SMILES string of the molecule is N#Cc1cc(C#N)cc(-c2cc(-n3c4cc(-c5ccccc5)ccc4c4ccc(-c5ccccc5)cc43)c(C#N)c(-n3c4cc(-c5ccccc5)ccc4c4ccc(-c5ccccc5)cc43)c2)c1. The Labute approximate surface area is 393 Å². The predicted octanol–water partition coefficient (Wildman–Crippen LogP) is 15.8. The molecule has 0 bridgehead atoms. The highest BCUT2D eigenvalue weighted by molar-refractivity contribution is 6.13. The topological polar surface area (TPSA) is 81.2 Å². The molecule has 0 unspecified atom stereocenters. The molecule has 10 aromatic carbocycles. The van der Waals surface area contributed by atoms with E-state index < -0.39 is 0 Å². The summed E-state index contributed by atoms with van der Waals surface area (Å²) < 4.78 is 4.49. The fourth-order valence-electron chi connectivity index (χ4n) is 9.97. The van der Waals surface area contributed by atoms with Gasteiger partial charge in [-0.05, 0) is 110 Å². The van der Waals surface area contributed by atoms with Crippen molar-refractivity contribution < 1.29 is 0 Å². The molecule has 0 saturated carbocycles. The monoisotopic (exact) mass is 863 g/mol. The molecule has 2 heterocycles. The zero-order valence-corrected chi connectivity index (χ0v) is 36.6. The van der Waals surface area contributed by atoms with Crippen LogP contribution in [-0.4, -0.2) is 9.13 Å².